The fourth-order valence-corrected chi connectivity index (χ4v) is 3.76. The zero-order chi connectivity index (χ0) is 19.2. The van der Waals surface area contributed by atoms with Crippen LogP contribution in [0.4, 0.5) is 0 Å². The molecule has 24 heavy (non-hydrogen) atoms. The average Bonchev–Trinajstić information content (AvgIpc) is 2.66. The van der Waals surface area contributed by atoms with Crippen LogP contribution in [0, 0.1) is 23.7 Å². The first kappa shape index (κ1) is 23.3. The Kier molecular flexibility index (Phi) is 10.0. The van der Waals surface area contributed by atoms with Crippen molar-refractivity contribution in [2.45, 2.75) is 95.5 Å². The lowest BCUT2D eigenvalue weighted by atomic mass is 9.84. The van der Waals surface area contributed by atoms with Crippen molar-refractivity contribution in [2.24, 2.45) is 23.7 Å². The highest BCUT2D eigenvalue weighted by atomic mass is 15.2. The molecule has 1 aliphatic heterocycles. The van der Waals surface area contributed by atoms with E-state index >= 15 is 0 Å². The van der Waals surface area contributed by atoms with Gasteiger partial charge >= 0.3 is 0 Å². The summed E-state index contributed by atoms with van der Waals surface area (Å²) in [6, 6.07) is 0.561. The van der Waals surface area contributed by atoms with Gasteiger partial charge in [-0.2, -0.15) is 0 Å². The van der Waals surface area contributed by atoms with Crippen molar-refractivity contribution >= 4 is 0 Å². The number of allylic oxidation sites excluding steroid dienone is 3. The summed E-state index contributed by atoms with van der Waals surface area (Å²) < 4.78 is 0. The molecule has 0 aromatic rings. The lowest BCUT2D eigenvalue weighted by Gasteiger charge is -2.36. The van der Waals surface area contributed by atoms with Gasteiger partial charge in [0.1, 0.15) is 0 Å². The zero-order valence-electron chi connectivity index (χ0n) is 18.7. The highest BCUT2D eigenvalue weighted by Gasteiger charge is 2.29. The van der Waals surface area contributed by atoms with Crippen LogP contribution in [-0.2, 0) is 0 Å². The Hall–Kier alpha value is -0.720. The predicted molar refractivity (Wildman–Crippen MR) is 111 cm³/mol. The molecule has 142 valence electrons. The van der Waals surface area contributed by atoms with E-state index in [2.05, 4.69) is 74.1 Å². The smallest absolute Gasteiger partial charge is 0.0394 e. The Labute approximate surface area is 153 Å². The van der Waals surface area contributed by atoms with Crippen molar-refractivity contribution < 1.29 is 0 Å². The van der Waals surface area contributed by atoms with Gasteiger partial charge in [0, 0.05) is 18.3 Å². The van der Waals surface area contributed by atoms with Gasteiger partial charge in [0.25, 0.3) is 0 Å². The van der Waals surface area contributed by atoms with Crippen LogP contribution in [0.1, 0.15) is 89.5 Å². The third-order valence-corrected chi connectivity index (χ3v) is 5.03. The quantitative estimate of drug-likeness (QED) is 0.476. The molecule has 0 aromatic carbocycles. The van der Waals surface area contributed by atoms with E-state index in [0.29, 0.717) is 29.7 Å². The molecule has 0 radical (unpaired) electrons. The maximum atomic E-state index is 2.69. The summed E-state index contributed by atoms with van der Waals surface area (Å²) in [5, 5.41) is 0. The summed E-state index contributed by atoms with van der Waals surface area (Å²) >= 11 is 0. The molecule has 1 nitrogen and oxygen atoms in total. The van der Waals surface area contributed by atoms with Crippen LogP contribution in [0.5, 0.6) is 0 Å². The molecule has 0 N–H and O–H groups in total. The van der Waals surface area contributed by atoms with Crippen LogP contribution in [0.2, 0.25) is 0 Å². The molecule has 0 atom stereocenters. The molecular formula is C23H45N. The summed E-state index contributed by atoms with van der Waals surface area (Å²) in [4.78, 5) is 2.69. The molecule has 0 saturated carbocycles. The molecule has 0 bridgehead atoms. The van der Waals surface area contributed by atoms with Crippen LogP contribution >= 0.6 is 0 Å². The van der Waals surface area contributed by atoms with Gasteiger partial charge in [0.05, 0.1) is 0 Å². The molecule has 0 fully saturated rings. The Balaban J connectivity index is 0.00000254. The first-order valence-electron chi connectivity index (χ1n) is 10.3. The van der Waals surface area contributed by atoms with Gasteiger partial charge in [-0.05, 0) is 55.1 Å². The molecule has 1 heteroatoms. The van der Waals surface area contributed by atoms with Crippen LogP contribution < -0.4 is 0 Å². The lowest BCUT2D eigenvalue weighted by Crippen LogP contribution is -2.35. The van der Waals surface area contributed by atoms with E-state index in [0.717, 1.165) is 6.54 Å². The second-order valence-electron chi connectivity index (χ2n) is 8.48. The summed E-state index contributed by atoms with van der Waals surface area (Å²) in [5.74, 6) is 2.50. The van der Waals surface area contributed by atoms with Gasteiger partial charge in [-0.1, -0.05) is 74.8 Å². The molecule has 0 saturated heterocycles. The van der Waals surface area contributed by atoms with E-state index < -0.39 is 0 Å². The largest absolute Gasteiger partial charge is 0.368 e. The first-order chi connectivity index (χ1) is 11.1. The predicted octanol–water partition coefficient (Wildman–Crippen LogP) is 7.30. The Morgan fingerprint density at radius 3 is 1.29 bits per heavy atom. The molecule has 0 spiro atoms. The number of nitrogens with zero attached hydrogens (tertiary/aromatic N) is 1. The van der Waals surface area contributed by atoms with E-state index in [4.69, 9.17) is 0 Å². The van der Waals surface area contributed by atoms with E-state index in [1.54, 1.807) is 22.4 Å². The second-order valence-corrected chi connectivity index (χ2v) is 8.48. The Morgan fingerprint density at radius 1 is 0.583 bits per heavy atom. The van der Waals surface area contributed by atoms with Crippen molar-refractivity contribution in [3.05, 3.63) is 22.4 Å². The number of hydrogen-bond donors (Lipinski definition) is 0. The zero-order valence-corrected chi connectivity index (χ0v) is 18.7. The molecule has 0 unspecified atom stereocenters. The summed E-state index contributed by atoms with van der Waals surface area (Å²) in [6.07, 6.45) is 1.18. The third-order valence-electron chi connectivity index (χ3n) is 5.03. The monoisotopic (exact) mass is 335 g/mol. The van der Waals surface area contributed by atoms with Crippen LogP contribution in [-0.4, -0.2) is 17.5 Å². The Bertz CT molecular complexity index is 433. The fraction of sp³-hybridized carbons (Fsp3) is 0.826. The van der Waals surface area contributed by atoms with E-state index in [-0.39, 0.29) is 0 Å². The van der Waals surface area contributed by atoms with Crippen molar-refractivity contribution in [1.29, 1.82) is 0 Å². The molecule has 1 aliphatic rings. The van der Waals surface area contributed by atoms with Crippen molar-refractivity contribution in [2.75, 3.05) is 6.54 Å². The van der Waals surface area contributed by atoms with E-state index in [1.807, 2.05) is 13.8 Å². The fourth-order valence-electron chi connectivity index (χ4n) is 3.76. The van der Waals surface area contributed by atoms with Crippen molar-refractivity contribution in [3.8, 4) is 0 Å². The van der Waals surface area contributed by atoms with Gasteiger partial charge in [-0.25, -0.2) is 0 Å². The van der Waals surface area contributed by atoms with Crippen LogP contribution in [0.3, 0.4) is 0 Å². The third kappa shape index (κ3) is 5.67. The highest BCUT2D eigenvalue weighted by molar-refractivity contribution is 5.33. The summed E-state index contributed by atoms with van der Waals surface area (Å²) in [7, 11) is 0. The Morgan fingerprint density at radius 2 is 1.00 bits per heavy atom. The molecule has 1 heterocycles. The van der Waals surface area contributed by atoms with E-state index in [9.17, 15) is 0 Å². The van der Waals surface area contributed by atoms with Gasteiger partial charge in [0.15, 0.2) is 0 Å². The van der Waals surface area contributed by atoms with Gasteiger partial charge < -0.3 is 4.90 Å². The second kappa shape index (κ2) is 10.3. The molecule has 0 amide bonds. The SMILES string of the molecule is CC.CC(C)C1=C(C(C)C)CN(C(C)C)C(C(C)C)=C(C(C)C)C1. The average molecular weight is 336 g/mol. The molecular weight excluding hydrogens is 290 g/mol. The minimum atomic E-state index is 0.561. The summed E-state index contributed by atoms with van der Waals surface area (Å²) in [6.45, 7) is 28.8. The lowest BCUT2D eigenvalue weighted by molar-refractivity contribution is 0.268. The van der Waals surface area contributed by atoms with E-state index in [1.165, 1.54) is 6.42 Å². The van der Waals surface area contributed by atoms with Crippen LogP contribution in [0.25, 0.3) is 0 Å². The number of rotatable bonds is 5. The van der Waals surface area contributed by atoms with Gasteiger partial charge in [-0.3, -0.25) is 0 Å². The molecule has 0 aliphatic carbocycles. The minimum Gasteiger partial charge on any atom is -0.368 e. The maximum absolute atomic E-state index is 2.69. The highest BCUT2D eigenvalue weighted by Crippen LogP contribution is 2.39. The number of hydrogen-bond acceptors (Lipinski definition) is 1. The standard InChI is InChI=1S/C21H39N.C2H6/c1-13(2)18-11-19(14(3)4)21(16(7)8)22(17(9)10)12-20(18)15(5)6;1-2/h13-17H,11-12H2,1-10H3;1-2H3. The minimum absolute atomic E-state index is 0.561. The topological polar surface area (TPSA) is 3.24 Å². The van der Waals surface area contributed by atoms with Gasteiger partial charge in [-0.15, -0.1) is 0 Å². The van der Waals surface area contributed by atoms with Crippen molar-refractivity contribution in [1.82, 2.24) is 4.90 Å². The summed E-state index contributed by atoms with van der Waals surface area (Å²) in [5.41, 5.74) is 6.65. The van der Waals surface area contributed by atoms with Gasteiger partial charge in [0.2, 0.25) is 0 Å². The molecule has 0 aromatic heterocycles. The molecule has 1 rings (SSSR count). The van der Waals surface area contributed by atoms with Crippen molar-refractivity contribution in [3.63, 3.8) is 0 Å². The normalized spacial score (nSPS) is 16.6. The maximum Gasteiger partial charge on any atom is 0.0394 e. The first-order valence-corrected chi connectivity index (χ1v) is 10.3. The van der Waals surface area contributed by atoms with Crippen LogP contribution in [0.15, 0.2) is 22.4 Å².